The van der Waals surface area contributed by atoms with Gasteiger partial charge in [0.25, 0.3) is 0 Å². The molecule has 0 saturated carbocycles. The molecule has 3 aromatic heterocycles. The highest BCUT2D eigenvalue weighted by Crippen LogP contribution is 2.18. The number of nitrogens with one attached hydrogen (secondary N) is 1. The summed E-state index contributed by atoms with van der Waals surface area (Å²) < 4.78 is 4.10. The van der Waals surface area contributed by atoms with Crippen LogP contribution in [0.15, 0.2) is 30.2 Å². The molecule has 1 atom stereocenters. The predicted octanol–water partition coefficient (Wildman–Crippen LogP) is 1.63. The van der Waals surface area contributed by atoms with Crippen LogP contribution in [0.5, 0.6) is 0 Å². The highest BCUT2D eigenvalue weighted by Gasteiger charge is 2.16. The van der Waals surface area contributed by atoms with Gasteiger partial charge in [-0.25, -0.2) is 9.97 Å². The molecule has 0 aliphatic rings. The third kappa shape index (κ3) is 1.93. The van der Waals surface area contributed by atoms with Gasteiger partial charge in [-0.1, -0.05) is 0 Å². The number of thiazole rings is 1. The summed E-state index contributed by atoms with van der Waals surface area (Å²) in [6.07, 6.45) is 8.75. The zero-order valence-electron chi connectivity index (χ0n) is 10.4. The first-order chi connectivity index (χ1) is 8.78. The van der Waals surface area contributed by atoms with E-state index in [0.29, 0.717) is 0 Å². The van der Waals surface area contributed by atoms with Crippen LogP contribution in [0.1, 0.15) is 17.6 Å². The Morgan fingerprint density at radius 1 is 1.44 bits per heavy atom. The molecule has 0 bridgehead atoms. The number of likely N-dealkylation sites (N-methyl/N-ethyl adjacent to an activating group) is 1. The standard InChI is InChI=1S/C12H15N5S/c1-13-10(11-14-3-4-16(11)2)7-9-8-17-5-6-18-12(17)15-9/h3-6,8,10,13H,7H2,1-2H3. The molecule has 3 aromatic rings. The van der Waals surface area contributed by atoms with Crippen LogP contribution in [0, 0.1) is 0 Å². The Morgan fingerprint density at radius 2 is 2.33 bits per heavy atom. The monoisotopic (exact) mass is 261 g/mol. The molecule has 0 amide bonds. The molecule has 0 aliphatic heterocycles. The predicted molar refractivity (Wildman–Crippen MR) is 71.8 cm³/mol. The van der Waals surface area contributed by atoms with E-state index in [1.807, 2.05) is 42.6 Å². The van der Waals surface area contributed by atoms with Crippen molar-refractivity contribution in [3.8, 4) is 0 Å². The van der Waals surface area contributed by atoms with E-state index in [9.17, 15) is 0 Å². The van der Waals surface area contributed by atoms with Gasteiger partial charge in [-0.05, 0) is 7.05 Å². The van der Waals surface area contributed by atoms with Crippen LogP contribution in [-0.4, -0.2) is 26.0 Å². The third-order valence-electron chi connectivity index (χ3n) is 3.07. The van der Waals surface area contributed by atoms with Gasteiger partial charge >= 0.3 is 0 Å². The third-order valence-corrected chi connectivity index (χ3v) is 3.85. The average Bonchev–Trinajstić information content (AvgIpc) is 3.01. The summed E-state index contributed by atoms with van der Waals surface area (Å²) in [4.78, 5) is 10.0. The van der Waals surface area contributed by atoms with E-state index in [1.54, 1.807) is 11.3 Å². The molecule has 6 heteroatoms. The first-order valence-electron chi connectivity index (χ1n) is 5.83. The van der Waals surface area contributed by atoms with Crippen molar-refractivity contribution in [1.82, 2.24) is 24.3 Å². The van der Waals surface area contributed by atoms with E-state index < -0.39 is 0 Å². The second kappa shape index (κ2) is 4.55. The molecular formula is C12H15N5S. The number of nitrogens with zero attached hydrogens (tertiary/aromatic N) is 4. The molecule has 94 valence electrons. The maximum Gasteiger partial charge on any atom is 0.193 e. The van der Waals surface area contributed by atoms with Gasteiger partial charge in [-0.2, -0.15) is 0 Å². The minimum atomic E-state index is 0.189. The highest BCUT2D eigenvalue weighted by atomic mass is 32.1. The van der Waals surface area contributed by atoms with Gasteiger partial charge in [-0.3, -0.25) is 4.40 Å². The maximum atomic E-state index is 4.60. The van der Waals surface area contributed by atoms with E-state index in [0.717, 1.165) is 22.9 Å². The summed E-state index contributed by atoms with van der Waals surface area (Å²) in [5.74, 6) is 1.04. The summed E-state index contributed by atoms with van der Waals surface area (Å²) in [6, 6.07) is 0.189. The first-order valence-corrected chi connectivity index (χ1v) is 6.71. The number of aromatic nitrogens is 4. The fourth-order valence-electron chi connectivity index (χ4n) is 2.12. The zero-order chi connectivity index (χ0) is 12.5. The zero-order valence-corrected chi connectivity index (χ0v) is 11.2. The van der Waals surface area contributed by atoms with Crippen LogP contribution in [0.25, 0.3) is 4.96 Å². The Kier molecular flexibility index (Phi) is 2.89. The lowest BCUT2D eigenvalue weighted by molar-refractivity contribution is 0.534. The molecule has 1 unspecified atom stereocenters. The number of aryl methyl sites for hydroxylation is 1. The summed E-state index contributed by atoms with van der Waals surface area (Å²) in [5, 5.41) is 5.34. The lowest BCUT2D eigenvalue weighted by atomic mass is 10.1. The van der Waals surface area contributed by atoms with Crippen molar-refractivity contribution in [2.75, 3.05) is 7.05 Å². The second-order valence-corrected chi connectivity index (χ2v) is 5.14. The number of rotatable bonds is 4. The lowest BCUT2D eigenvalue weighted by Crippen LogP contribution is -2.22. The van der Waals surface area contributed by atoms with E-state index in [4.69, 9.17) is 0 Å². The SMILES string of the molecule is CNC(Cc1cn2ccsc2n1)c1nccn1C. The number of hydrogen-bond donors (Lipinski definition) is 1. The van der Waals surface area contributed by atoms with Gasteiger partial charge < -0.3 is 9.88 Å². The number of fused-ring (bicyclic) bond motifs is 1. The Balaban J connectivity index is 1.86. The first kappa shape index (κ1) is 11.4. The number of imidazole rings is 2. The van der Waals surface area contributed by atoms with Crippen molar-refractivity contribution in [1.29, 1.82) is 0 Å². The summed E-state index contributed by atoms with van der Waals surface area (Å²) in [6.45, 7) is 0. The molecule has 18 heavy (non-hydrogen) atoms. The van der Waals surface area contributed by atoms with Crippen molar-refractivity contribution < 1.29 is 0 Å². The van der Waals surface area contributed by atoms with Crippen LogP contribution in [0.4, 0.5) is 0 Å². The van der Waals surface area contributed by atoms with Crippen LogP contribution >= 0.6 is 11.3 Å². The minimum absolute atomic E-state index is 0.189. The van der Waals surface area contributed by atoms with E-state index in [1.165, 1.54) is 0 Å². The Bertz CT molecular complexity index is 622. The van der Waals surface area contributed by atoms with Gasteiger partial charge in [0.05, 0.1) is 11.7 Å². The van der Waals surface area contributed by atoms with Crippen LogP contribution in [-0.2, 0) is 13.5 Å². The minimum Gasteiger partial charge on any atom is -0.337 e. The summed E-state index contributed by atoms with van der Waals surface area (Å²) >= 11 is 1.65. The smallest absolute Gasteiger partial charge is 0.193 e. The molecule has 1 N–H and O–H groups in total. The van der Waals surface area contributed by atoms with Gasteiger partial charge in [0.2, 0.25) is 0 Å². The molecule has 0 spiro atoms. The van der Waals surface area contributed by atoms with Crippen molar-refractivity contribution in [3.63, 3.8) is 0 Å². The maximum absolute atomic E-state index is 4.60. The molecule has 0 aliphatic carbocycles. The summed E-state index contributed by atoms with van der Waals surface area (Å²) in [7, 11) is 3.97. The fraction of sp³-hybridized carbons (Fsp3) is 0.333. The van der Waals surface area contributed by atoms with Crippen molar-refractivity contribution in [2.24, 2.45) is 7.05 Å². The molecule has 0 fully saturated rings. The largest absolute Gasteiger partial charge is 0.337 e. The molecular weight excluding hydrogens is 246 g/mol. The van der Waals surface area contributed by atoms with Crippen molar-refractivity contribution in [3.05, 3.63) is 41.7 Å². The second-order valence-electron chi connectivity index (χ2n) is 4.27. The van der Waals surface area contributed by atoms with Crippen LogP contribution in [0.2, 0.25) is 0 Å². The van der Waals surface area contributed by atoms with E-state index in [2.05, 4.69) is 25.9 Å². The Hall–Kier alpha value is -1.66. The van der Waals surface area contributed by atoms with E-state index in [-0.39, 0.29) is 6.04 Å². The number of hydrogen-bond acceptors (Lipinski definition) is 4. The Morgan fingerprint density at radius 3 is 3.00 bits per heavy atom. The fourth-order valence-corrected chi connectivity index (χ4v) is 2.84. The molecule has 5 nitrogen and oxygen atoms in total. The van der Waals surface area contributed by atoms with Gasteiger partial charge in [-0.15, -0.1) is 11.3 Å². The van der Waals surface area contributed by atoms with Crippen molar-refractivity contribution in [2.45, 2.75) is 12.5 Å². The van der Waals surface area contributed by atoms with Crippen molar-refractivity contribution >= 4 is 16.3 Å². The summed E-state index contributed by atoms with van der Waals surface area (Å²) in [5.41, 5.74) is 1.09. The topological polar surface area (TPSA) is 47.1 Å². The average molecular weight is 261 g/mol. The quantitative estimate of drug-likeness (QED) is 0.776. The molecule has 3 heterocycles. The molecule has 3 rings (SSSR count). The van der Waals surface area contributed by atoms with E-state index >= 15 is 0 Å². The van der Waals surface area contributed by atoms with Crippen LogP contribution in [0.3, 0.4) is 0 Å². The highest BCUT2D eigenvalue weighted by molar-refractivity contribution is 7.15. The normalized spacial score (nSPS) is 13.2. The Labute approximate surface area is 109 Å². The van der Waals surface area contributed by atoms with Gasteiger partial charge in [0, 0.05) is 43.6 Å². The lowest BCUT2D eigenvalue weighted by Gasteiger charge is -2.14. The van der Waals surface area contributed by atoms with Crippen LogP contribution < -0.4 is 5.32 Å². The molecule has 0 saturated heterocycles. The molecule has 0 radical (unpaired) electrons. The van der Waals surface area contributed by atoms with Gasteiger partial charge in [0.1, 0.15) is 5.82 Å². The molecule has 0 aromatic carbocycles. The van der Waals surface area contributed by atoms with Gasteiger partial charge in [0.15, 0.2) is 4.96 Å².